The van der Waals surface area contributed by atoms with E-state index in [9.17, 15) is 0 Å². The maximum atomic E-state index is 6.66. The predicted molar refractivity (Wildman–Crippen MR) is 130 cm³/mol. The zero-order valence-electron chi connectivity index (χ0n) is 21.3. The van der Waals surface area contributed by atoms with E-state index >= 15 is 0 Å². The van der Waals surface area contributed by atoms with Gasteiger partial charge in [0.1, 0.15) is 0 Å². The Bertz CT molecular complexity index is 657. The second kappa shape index (κ2) is 7.93. The molecular formula is C29H51N. The van der Waals surface area contributed by atoms with Crippen LogP contribution in [-0.4, -0.2) is 6.04 Å². The van der Waals surface area contributed by atoms with Gasteiger partial charge in [0, 0.05) is 6.04 Å². The molecule has 4 rings (SSSR count). The molecule has 1 heteroatoms. The first-order valence-electron chi connectivity index (χ1n) is 13.4. The molecule has 0 aromatic heterocycles. The third-order valence-corrected chi connectivity index (χ3v) is 11.7. The highest BCUT2D eigenvalue weighted by molar-refractivity contribution is 5.12. The summed E-state index contributed by atoms with van der Waals surface area (Å²) >= 11 is 0. The minimum atomic E-state index is 0.316. The average Bonchev–Trinajstić information content (AvgIpc) is 3.02. The Kier molecular flexibility index (Phi) is 6.05. The van der Waals surface area contributed by atoms with Crippen LogP contribution in [0.3, 0.4) is 0 Å². The molecular weight excluding hydrogens is 362 g/mol. The average molecular weight is 414 g/mol. The van der Waals surface area contributed by atoms with Gasteiger partial charge in [-0.3, -0.25) is 0 Å². The molecule has 4 saturated carbocycles. The van der Waals surface area contributed by atoms with Gasteiger partial charge in [-0.25, -0.2) is 0 Å². The molecule has 0 saturated heterocycles. The normalized spacial score (nSPS) is 48.3. The van der Waals surface area contributed by atoms with Gasteiger partial charge in [0.15, 0.2) is 0 Å². The number of hydrogen-bond acceptors (Lipinski definition) is 1. The largest absolute Gasteiger partial charge is 0.327 e. The van der Waals surface area contributed by atoms with Crippen molar-refractivity contribution in [2.75, 3.05) is 0 Å². The molecule has 0 aromatic carbocycles. The Morgan fingerprint density at radius 3 is 2.27 bits per heavy atom. The van der Waals surface area contributed by atoms with E-state index < -0.39 is 0 Å². The first-order chi connectivity index (χ1) is 14.0. The zero-order chi connectivity index (χ0) is 21.9. The monoisotopic (exact) mass is 413 g/mol. The maximum Gasteiger partial charge on any atom is 0.00933 e. The van der Waals surface area contributed by atoms with Gasteiger partial charge < -0.3 is 5.73 Å². The first-order valence-corrected chi connectivity index (χ1v) is 13.4. The third kappa shape index (κ3) is 3.45. The fourth-order valence-corrected chi connectivity index (χ4v) is 9.95. The van der Waals surface area contributed by atoms with Crippen LogP contribution in [0.2, 0.25) is 0 Å². The van der Waals surface area contributed by atoms with Gasteiger partial charge in [-0.15, -0.1) is 0 Å². The molecule has 0 spiro atoms. The standard InChI is InChI=1S/C29H51N/c1-19(2)9-8-10-20(3)22-12-13-23-21-11-14-25-27(4,5)26(30)16-18-29(25,7)24(21)15-17-28(22,23)6/h9,20-26H,8,10-18,30H2,1-7H3/t20-,21?,22?,23?,24?,25?,26?,28?,29?/m1/s1. The van der Waals surface area contributed by atoms with Gasteiger partial charge in [0.05, 0.1) is 0 Å². The van der Waals surface area contributed by atoms with Crippen molar-refractivity contribution in [3.63, 3.8) is 0 Å². The Labute approximate surface area is 188 Å². The van der Waals surface area contributed by atoms with Crippen molar-refractivity contribution in [1.29, 1.82) is 0 Å². The van der Waals surface area contributed by atoms with Gasteiger partial charge >= 0.3 is 0 Å². The summed E-state index contributed by atoms with van der Waals surface area (Å²) in [7, 11) is 0. The second-order valence-corrected chi connectivity index (χ2v) is 13.5. The van der Waals surface area contributed by atoms with Crippen molar-refractivity contribution < 1.29 is 0 Å². The lowest BCUT2D eigenvalue weighted by Crippen LogP contribution is -2.60. The number of rotatable bonds is 4. The van der Waals surface area contributed by atoms with E-state index in [-0.39, 0.29) is 0 Å². The molecule has 0 heterocycles. The molecule has 0 amide bonds. The topological polar surface area (TPSA) is 26.0 Å². The van der Waals surface area contributed by atoms with Gasteiger partial charge in [0.25, 0.3) is 0 Å². The molecule has 0 bridgehead atoms. The van der Waals surface area contributed by atoms with Crippen LogP contribution in [0.5, 0.6) is 0 Å². The molecule has 2 N–H and O–H groups in total. The van der Waals surface area contributed by atoms with Crippen molar-refractivity contribution >= 4 is 0 Å². The van der Waals surface area contributed by atoms with Crippen molar-refractivity contribution in [2.45, 2.75) is 119 Å². The van der Waals surface area contributed by atoms with Gasteiger partial charge in [-0.05, 0) is 130 Å². The van der Waals surface area contributed by atoms with E-state index in [1.54, 1.807) is 0 Å². The highest BCUT2D eigenvalue weighted by Gasteiger charge is 2.63. The Hall–Kier alpha value is -0.300. The van der Waals surface area contributed by atoms with Crippen LogP contribution in [0.25, 0.3) is 0 Å². The molecule has 0 aromatic rings. The van der Waals surface area contributed by atoms with Crippen LogP contribution in [0.15, 0.2) is 11.6 Å². The molecule has 4 aliphatic rings. The van der Waals surface area contributed by atoms with Crippen molar-refractivity contribution in [2.24, 2.45) is 57.5 Å². The SMILES string of the molecule is CC(C)=CCC[C@@H](C)C1CCC2C3CCC4C(C)(C)C(N)CCC4(C)C3CCC21C. The molecule has 9 atom stereocenters. The summed E-state index contributed by atoms with van der Waals surface area (Å²) in [6.07, 6.45) is 16.7. The summed E-state index contributed by atoms with van der Waals surface area (Å²) in [6.45, 7) is 17.5. The van der Waals surface area contributed by atoms with E-state index in [0.717, 1.165) is 35.5 Å². The van der Waals surface area contributed by atoms with Crippen molar-refractivity contribution in [1.82, 2.24) is 0 Å². The summed E-state index contributed by atoms with van der Waals surface area (Å²) < 4.78 is 0. The summed E-state index contributed by atoms with van der Waals surface area (Å²) in [6, 6.07) is 0.401. The number of nitrogens with two attached hydrogens (primary N) is 1. The molecule has 0 aliphatic heterocycles. The van der Waals surface area contributed by atoms with Gasteiger partial charge in [-0.2, -0.15) is 0 Å². The van der Waals surface area contributed by atoms with Crippen LogP contribution in [0, 0.1) is 51.8 Å². The van der Waals surface area contributed by atoms with Crippen LogP contribution >= 0.6 is 0 Å². The van der Waals surface area contributed by atoms with Gasteiger partial charge in [-0.1, -0.05) is 46.3 Å². The Morgan fingerprint density at radius 2 is 1.57 bits per heavy atom. The highest BCUT2D eigenvalue weighted by atomic mass is 14.8. The molecule has 30 heavy (non-hydrogen) atoms. The molecule has 1 nitrogen and oxygen atoms in total. The van der Waals surface area contributed by atoms with Crippen LogP contribution in [-0.2, 0) is 0 Å². The molecule has 4 fully saturated rings. The summed E-state index contributed by atoms with van der Waals surface area (Å²) in [5, 5.41) is 0. The maximum absolute atomic E-state index is 6.66. The second-order valence-electron chi connectivity index (χ2n) is 13.5. The molecule has 8 unspecified atom stereocenters. The number of hydrogen-bond donors (Lipinski definition) is 1. The Morgan fingerprint density at radius 1 is 0.900 bits per heavy atom. The highest BCUT2D eigenvalue weighted by Crippen LogP contribution is 2.70. The first kappa shape index (κ1) is 22.9. The van der Waals surface area contributed by atoms with Crippen molar-refractivity contribution in [3.8, 4) is 0 Å². The molecule has 172 valence electrons. The number of allylic oxidation sites excluding steroid dienone is 2. The van der Waals surface area contributed by atoms with E-state index in [4.69, 9.17) is 5.73 Å². The van der Waals surface area contributed by atoms with E-state index in [1.165, 1.54) is 69.8 Å². The fraction of sp³-hybridized carbons (Fsp3) is 0.931. The minimum Gasteiger partial charge on any atom is -0.327 e. The predicted octanol–water partition coefficient (Wildman–Crippen LogP) is 7.99. The lowest BCUT2D eigenvalue weighted by Gasteiger charge is -2.65. The van der Waals surface area contributed by atoms with Crippen LogP contribution in [0.1, 0.15) is 113 Å². The van der Waals surface area contributed by atoms with E-state index in [0.29, 0.717) is 22.3 Å². The van der Waals surface area contributed by atoms with Crippen molar-refractivity contribution in [3.05, 3.63) is 11.6 Å². The lowest BCUT2D eigenvalue weighted by molar-refractivity contribution is -0.152. The molecule has 4 aliphatic carbocycles. The smallest absolute Gasteiger partial charge is 0.00933 e. The zero-order valence-corrected chi connectivity index (χ0v) is 21.3. The number of fused-ring (bicyclic) bond motifs is 5. The quantitative estimate of drug-likeness (QED) is 0.464. The Balaban J connectivity index is 1.52. The summed E-state index contributed by atoms with van der Waals surface area (Å²) in [4.78, 5) is 0. The van der Waals surface area contributed by atoms with Gasteiger partial charge in [0.2, 0.25) is 0 Å². The van der Waals surface area contributed by atoms with E-state index in [2.05, 4.69) is 54.5 Å². The third-order valence-electron chi connectivity index (χ3n) is 11.7. The van der Waals surface area contributed by atoms with Crippen LogP contribution < -0.4 is 5.73 Å². The fourth-order valence-electron chi connectivity index (χ4n) is 9.95. The molecule has 0 radical (unpaired) electrons. The minimum absolute atomic E-state index is 0.316. The summed E-state index contributed by atoms with van der Waals surface area (Å²) in [5.74, 6) is 5.61. The lowest BCUT2D eigenvalue weighted by atomic mass is 9.40. The van der Waals surface area contributed by atoms with E-state index in [1.807, 2.05) is 0 Å². The van der Waals surface area contributed by atoms with Crippen LogP contribution in [0.4, 0.5) is 0 Å². The summed E-state index contributed by atoms with van der Waals surface area (Å²) in [5.41, 5.74) is 9.60.